The molecule has 0 spiro atoms. The fourth-order valence-corrected chi connectivity index (χ4v) is 2.19. The molecule has 0 amide bonds. The molecule has 120 valence electrons. The van der Waals surface area contributed by atoms with Crippen molar-refractivity contribution in [2.24, 2.45) is 0 Å². The first-order chi connectivity index (χ1) is 9.92. The normalized spacial score (nSPS) is 13.2. The number of nitrogens with one attached hydrogen (secondary N) is 1. The van der Waals surface area contributed by atoms with Gasteiger partial charge in [-0.2, -0.15) is 0 Å². The fraction of sp³-hybridized carbons (Fsp3) is 0.684. The third kappa shape index (κ3) is 8.11. The van der Waals surface area contributed by atoms with E-state index in [9.17, 15) is 0 Å². The predicted octanol–water partition coefficient (Wildman–Crippen LogP) is 5.14. The topological polar surface area (TPSA) is 21.3 Å². The Morgan fingerprint density at radius 3 is 2.29 bits per heavy atom. The molecule has 0 aromatic heterocycles. The Bertz CT molecular complexity index is 378. The minimum Gasteiger partial charge on any atom is -0.494 e. The molecule has 0 saturated carbocycles. The number of rotatable bonds is 9. The van der Waals surface area contributed by atoms with Crippen LogP contribution in [0.4, 0.5) is 0 Å². The Kier molecular flexibility index (Phi) is 7.81. The lowest BCUT2D eigenvalue weighted by molar-refractivity contribution is 0.303. The van der Waals surface area contributed by atoms with Crippen LogP contribution in [0, 0.1) is 0 Å². The fourth-order valence-electron chi connectivity index (χ4n) is 2.19. The number of ether oxygens (including phenoxy) is 1. The second-order valence-corrected chi connectivity index (χ2v) is 6.96. The highest BCUT2D eigenvalue weighted by Crippen LogP contribution is 2.21. The molecule has 0 bridgehead atoms. The average molecular weight is 291 g/mol. The van der Waals surface area contributed by atoms with Gasteiger partial charge < -0.3 is 10.1 Å². The van der Waals surface area contributed by atoms with E-state index in [1.54, 1.807) is 0 Å². The summed E-state index contributed by atoms with van der Waals surface area (Å²) in [6, 6.07) is 8.58. The number of unbranched alkanes of at least 4 members (excludes halogenated alkanes) is 2. The van der Waals surface area contributed by atoms with Crippen LogP contribution in [0.1, 0.15) is 71.8 Å². The van der Waals surface area contributed by atoms with Crippen molar-refractivity contribution in [2.75, 3.05) is 13.2 Å². The molecular weight excluding hydrogens is 258 g/mol. The summed E-state index contributed by atoms with van der Waals surface area (Å²) in [4.78, 5) is 0. The molecule has 1 aromatic rings. The zero-order valence-electron chi connectivity index (χ0n) is 14.5. The van der Waals surface area contributed by atoms with Gasteiger partial charge in [-0.05, 0) is 76.6 Å². The maximum Gasteiger partial charge on any atom is 0.119 e. The van der Waals surface area contributed by atoms with Crippen LogP contribution in [-0.2, 0) is 0 Å². The van der Waals surface area contributed by atoms with Gasteiger partial charge in [-0.15, -0.1) is 0 Å². The third-order valence-corrected chi connectivity index (χ3v) is 3.81. The lowest BCUT2D eigenvalue weighted by Gasteiger charge is -2.20. The van der Waals surface area contributed by atoms with Crippen LogP contribution in [0.3, 0.4) is 0 Å². The van der Waals surface area contributed by atoms with Crippen LogP contribution in [0.25, 0.3) is 0 Å². The summed E-state index contributed by atoms with van der Waals surface area (Å²) in [7, 11) is 0. The first-order valence-corrected chi connectivity index (χ1v) is 8.40. The lowest BCUT2D eigenvalue weighted by Crippen LogP contribution is -2.36. The second kappa shape index (κ2) is 9.09. The molecule has 0 saturated heterocycles. The zero-order valence-corrected chi connectivity index (χ0v) is 14.5. The molecule has 0 aliphatic heterocycles. The summed E-state index contributed by atoms with van der Waals surface area (Å²) in [5.74, 6) is 1.63. The van der Waals surface area contributed by atoms with E-state index < -0.39 is 0 Å². The molecule has 0 heterocycles. The van der Waals surface area contributed by atoms with Gasteiger partial charge in [0.2, 0.25) is 0 Å². The molecule has 1 aromatic carbocycles. The molecule has 1 rings (SSSR count). The average Bonchev–Trinajstić information content (AvgIpc) is 2.45. The number of hydrogen-bond donors (Lipinski definition) is 1. The third-order valence-electron chi connectivity index (χ3n) is 3.81. The predicted molar refractivity (Wildman–Crippen MR) is 92.2 cm³/mol. The Balaban J connectivity index is 2.13. The SMILES string of the molecule is CCC(C)c1ccc(OCCCCCNC(C)(C)C)cc1. The van der Waals surface area contributed by atoms with Crippen LogP contribution in [0.2, 0.25) is 0 Å². The molecule has 0 aliphatic carbocycles. The van der Waals surface area contributed by atoms with Gasteiger partial charge in [0, 0.05) is 5.54 Å². The monoisotopic (exact) mass is 291 g/mol. The van der Waals surface area contributed by atoms with E-state index in [4.69, 9.17) is 4.74 Å². The van der Waals surface area contributed by atoms with Crippen LogP contribution >= 0.6 is 0 Å². The number of benzene rings is 1. The lowest BCUT2D eigenvalue weighted by atomic mass is 9.99. The zero-order chi connectivity index (χ0) is 15.7. The molecule has 21 heavy (non-hydrogen) atoms. The Morgan fingerprint density at radius 1 is 1.05 bits per heavy atom. The smallest absolute Gasteiger partial charge is 0.119 e. The van der Waals surface area contributed by atoms with Crippen molar-refractivity contribution in [2.45, 2.75) is 71.8 Å². The van der Waals surface area contributed by atoms with Crippen molar-refractivity contribution in [3.8, 4) is 5.75 Å². The van der Waals surface area contributed by atoms with Crippen molar-refractivity contribution in [3.05, 3.63) is 29.8 Å². The van der Waals surface area contributed by atoms with Crippen LogP contribution < -0.4 is 10.1 Å². The molecule has 2 nitrogen and oxygen atoms in total. The van der Waals surface area contributed by atoms with Gasteiger partial charge >= 0.3 is 0 Å². The van der Waals surface area contributed by atoms with E-state index >= 15 is 0 Å². The van der Waals surface area contributed by atoms with E-state index in [0.717, 1.165) is 25.3 Å². The highest BCUT2D eigenvalue weighted by molar-refractivity contribution is 5.29. The summed E-state index contributed by atoms with van der Waals surface area (Å²) >= 11 is 0. The molecule has 1 atom stereocenters. The molecular formula is C19H33NO. The summed E-state index contributed by atoms with van der Waals surface area (Å²) in [6.45, 7) is 13.0. The van der Waals surface area contributed by atoms with Crippen LogP contribution in [0.15, 0.2) is 24.3 Å². The molecule has 0 aliphatic rings. The van der Waals surface area contributed by atoms with E-state index in [1.165, 1.54) is 24.8 Å². The van der Waals surface area contributed by atoms with Gasteiger partial charge in [0.25, 0.3) is 0 Å². The van der Waals surface area contributed by atoms with Crippen molar-refractivity contribution >= 4 is 0 Å². The van der Waals surface area contributed by atoms with Crippen molar-refractivity contribution in [1.82, 2.24) is 5.32 Å². The summed E-state index contributed by atoms with van der Waals surface area (Å²) in [5.41, 5.74) is 1.63. The van der Waals surface area contributed by atoms with Gasteiger partial charge in [0.1, 0.15) is 5.75 Å². The van der Waals surface area contributed by atoms with Crippen molar-refractivity contribution in [3.63, 3.8) is 0 Å². The Hall–Kier alpha value is -1.02. The summed E-state index contributed by atoms with van der Waals surface area (Å²) in [5, 5.41) is 3.51. The van der Waals surface area contributed by atoms with E-state index in [1.807, 2.05) is 0 Å². The van der Waals surface area contributed by atoms with Gasteiger partial charge in [-0.1, -0.05) is 26.0 Å². The molecule has 2 heteroatoms. The van der Waals surface area contributed by atoms with Gasteiger partial charge in [0.05, 0.1) is 6.61 Å². The number of hydrogen-bond acceptors (Lipinski definition) is 2. The highest BCUT2D eigenvalue weighted by atomic mass is 16.5. The second-order valence-electron chi connectivity index (χ2n) is 6.96. The molecule has 0 fully saturated rings. The minimum absolute atomic E-state index is 0.230. The van der Waals surface area contributed by atoms with Crippen molar-refractivity contribution < 1.29 is 4.74 Å². The molecule has 1 N–H and O–H groups in total. The summed E-state index contributed by atoms with van der Waals surface area (Å²) in [6.07, 6.45) is 4.74. The Morgan fingerprint density at radius 2 is 1.71 bits per heavy atom. The van der Waals surface area contributed by atoms with Crippen LogP contribution in [-0.4, -0.2) is 18.7 Å². The minimum atomic E-state index is 0.230. The van der Waals surface area contributed by atoms with Gasteiger partial charge in [0.15, 0.2) is 0 Å². The van der Waals surface area contributed by atoms with E-state index in [-0.39, 0.29) is 5.54 Å². The highest BCUT2D eigenvalue weighted by Gasteiger charge is 2.07. The van der Waals surface area contributed by atoms with E-state index in [0.29, 0.717) is 5.92 Å². The summed E-state index contributed by atoms with van der Waals surface area (Å²) < 4.78 is 5.80. The quantitative estimate of drug-likeness (QED) is 0.636. The Labute approximate surface area is 131 Å². The standard InChI is InChI=1S/C19H33NO/c1-6-16(2)17-10-12-18(13-11-17)21-15-9-7-8-14-20-19(3,4)5/h10-13,16,20H,6-9,14-15H2,1-5H3. The molecule has 1 unspecified atom stereocenters. The first kappa shape index (κ1) is 18.0. The largest absolute Gasteiger partial charge is 0.494 e. The first-order valence-electron chi connectivity index (χ1n) is 8.40. The maximum atomic E-state index is 5.80. The van der Waals surface area contributed by atoms with Crippen LogP contribution in [0.5, 0.6) is 5.75 Å². The van der Waals surface area contributed by atoms with Gasteiger partial charge in [-0.25, -0.2) is 0 Å². The van der Waals surface area contributed by atoms with Gasteiger partial charge in [-0.3, -0.25) is 0 Å². The maximum absolute atomic E-state index is 5.80. The van der Waals surface area contributed by atoms with Crippen molar-refractivity contribution in [1.29, 1.82) is 0 Å². The van der Waals surface area contributed by atoms with E-state index in [2.05, 4.69) is 64.2 Å². The molecule has 0 radical (unpaired) electrons.